The molecule has 0 aliphatic carbocycles. The van der Waals surface area contributed by atoms with Crippen molar-refractivity contribution in [3.8, 4) is 0 Å². The molecule has 1 aliphatic heterocycles. The van der Waals surface area contributed by atoms with Crippen molar-refractivity contribution in [3.05, 3.63) is 0 Å². The number of hydrogen-bond acceptors (Lipinski definition) is 3. The van der Waals surface area contributed by atoms with Gasteiger partial charge >= 0.3 is 29.6 Å². The van der Waals surface area contributed by atoms with E-state index in [1.165, 1.54) is 0 Å². The summed E-state index contributed by atoms with van der Waals surface area (Å²) in [5, 5.41) is 11.2. The maximum atomic E-state index is 11.8. The Kier molecular flexibility index (Phi) is 6.97. The van der Waals surface area contributed by atoms with Gasteiger partial charge in [0.15, 0.2) is 0 Å². The summed E-state index contributed by atoms with van der Waals surface area (Å²) >= 11 is 0. The SMILES string of the molecule is CCN1C(=O)C(CCC(C)C)C(=O)N=C1[O-].[Na+]. The molecule has 0 N–H and O–H groups in total. The molecule has 1 rings (SSSR count). The monoisotopic (exact) mass is 248 g/mol. The smallest absolute Gasteiger partial charge is 0.846 e. The number of hydrogen-bond donors (Lipinski definition) is 0. The van der Waals surface area contributed by atoms with Gasteiger partial charge in [-0.15, -0.1) is 0 Å². The van der Waals surface area contributed by atoms with E-state index >= 15 is 0 Å². The van der Waals surface area contributed by atoms with Crippen LogP contribution in [0.2, 0.25) is 0 Å². The maximum absolute atomic E-state index is 11.8. The molecule has 17 heavy (non-hydrogen) atoms. The van der Waals surface area contributed by atoms with Gasteiger partial charge in [0.25, 0.3) is 5.91 Å². The maximum Gasteiger partial charge on any atom is 1.00 e. The van der Waals surface area contributed by atoms with Crippen LogP contribution in [0.5, 0.6) is 0 Å². The van der Waals surface area contributed by atoms with E-state index < -0.39 is 23.8 Å². The fourth-order valence-electron chi connectivity index (χ4n) is 1.66. The van der Waals surface area contributed by atoms with Gasteiger partial charge in [0.1, 0.15) is 5.92 Å². The summed E-state index contributed by atoms with van der Waals surface area (Å²) < 4.78 is 0. The van der Waals surface area contributed by atoms with Crippen molar-refractivity contribution >= 4 is 17.8 Å². The van der Waals surface area contributed by atoms with Crippen LogP contribution in [-0.2, 0) is 9.59 Å². The molecule has 0 spiro atoms. The van der Waals surface area contributed by atoms with Crippen molar-refractivity contribution in [2.24, 2.45) is 16.8 Å². The Hall–Kier alpha value is -0.390. The van der Waals surface area contributed by atoms with E-state index in [0.717, 1.165) is 11.3 Å². The van der Waals surface area contributed by atoms with Crippen LogP contribution in [0.1, 0.15) is 33.6 Å². The Labute approximate surface area is 124 Å². The third-order valence-electron chi connectivity index (χ3n) is 2.65. The molecular weight excluding hydrogens is 231 g/mol. The van der Waals surface area contributed by atoms with Gasteiger partial charge < -0.3 is 10.0 Å². The minimum Gasteiger partial charge on any atom is -0.846 e. The number of amides is 2. The second-order valence-corrected chi connectivity index (χ2v) is 4.34. The van der Waals surface area contributed by atoms with Crippen LogP contribution < -0.4 is 34.7 Å². The van der Waals surface area contributed by atoms with Crippen molar-refractivity contribution < 1.29 is 44.3 Å². The molecule has 0 saturated heterocycles. The van der Waals surface area contributed by atoms with Crippen LogP contribution in [0.4, 0.5) is 0 Å². The van der Waals surface area contributed by atoms with Gasteiger partial charge in [-0.1, -0.05) is 13.8 Å². The van der Waals surface area contributed by atoms with Crippen molar-refractivity contribution in [2.75, 3.05) is 6.54 Å². The predicted octanol–water partition coefficient (Wildman–Crippen LogP) is -2.85. The van der Waals surface area contributed by atoms with E-state index in [1.54, 1.807) is 6.92 Å². The molecule has 0 bridgehead atoms. The van der Waals surface area contributed by atoms with Gasteiger partial charge in [0, 0.05) is 6.54 Å². The molecule has 0 aromatic carbocycles. The van der Waals surface area contributed by atoms with Gasteiger partial charge in [-0.05, 0) is 25.7 Å². The van der Waals surface area contributed by atoms with Crippen molar-refractivity contribution in [2.45, 2.75) is 33.6 Å². The van der Waals surface area contributed by atoms with Crippen LogP contribution in [0.15, 0.2) is 4.99 Å². The van der Waals surface area contributed by atoms with Gasteiger partial charge in [0.2, 0.25) is 5.91 Å². The average molecular weight is 248 g/mol. The normalized spacial score (nSPS) is 20.4. The summed E-state index contributed by atoms with van der Waals surface area (Å²) in [5.74, 6) is -1.30. The van der Waals surface area contributed by atoms with E-state index in [-0.39, 0.29) is 36.1 Å². The first-order chi connectivity index (χ1) is 7.47. The summed E-state index contributed by atoms with van der Waals surface area (Å²) in [6.45, 7) is 6.02. The fourth-order valence-corrected chi connectivity index (χ4v) is 1.66. The average Bonchev–Trinajstić information content (AvgIpc) is 2.16. The van der Waals surface area contributed by atoms with Gasteiger partial charge in [-0.3, -0.25) is 9.59 Å². The Bertz CT molecular complexity index is 329. The van der Waals surface area contributed by atoms with E-state index in [1.807, 2.05) is 13.8 Å². The van der Waals surface area contributed by atoms with Gasteiger partial charge in [0.05, 0.1) is 6.02 Å². The molecule has 0 aromatic heterocycles. The number of amidine groups is 1. The zero-order valence-electron chi connectivity index (χ0n) is 10.9. The van der Waals surface area contributed by atoms with Crippen LogP contribution in [-0.4, -0.2) is 29.3 Å². The third-order valence-corrected chi connectivity index (χ3v) is 2.65. The number of aliphatic imine (C=N–C) groups is 1. The Morgan fingerprint density at radius 3 is 2.47 bits per heavy atom. The molecule has 1 heterocycles. The minimum atomic E-state index is -0.750. The number of carbonyl (C=O) groups is 2. The van der Waals surface area contributed by atoms with Gasteiger partial charge in [-0.2, -0.15) is 0 Å². The Balaban J connectivity index is 0.00000256. The van der Waals surface area contributed by atoms with Crippen molar-refractivity contribution in [1.29, 1.82) is 0 Å². The first-order valence-electron chi connectivity index (χ1n) is 5.58. The van der Waals surface area contributed by atoms with Crippen molar-refractivity contribution in [1.82, 2.24) is 4.90 Å². The largest absolute Gasteiger partial charge is 1.00 e. The first-order valence-corrected chi connectivity index (χ1v) is 5.58. The van der Waals surface area contributed by atoms with E-state index in [0.29, 0.717) is 12.3 Å². The molecule has 1 atom stereocenters. The number of carbonyl (C=O) groups excluding carboxylic acids is 2. The van der Waals surface area contributed by atoms with Crippen LogP contribution >= 0.6 is 0 Å². The molecule has 6 heteroatoms. The zero-order chi connectivity index (χ0) is 12.3. The topological polar surface area (TPSA) is 72.8 Å². The summed E-state index contributed by atoms with van der Waals surface area (Å²) in [4.78, 5) is 27.7. The van der Waals surface area contributed by atoms with Gasteiger partial charge in [-0.25, -0.2) is 4.99 Å². The summed E-state index contributed by atoms with van der Waals surface area (Å²) in [6, 6.07) is -0.724. The van der Waals surface area contributed by atoms with E-state index in [9.17, 15) is 14.7 Å². The molecule has 0 fully saturated rings. The summed E-state index contributed by atoms with van der Waals surface area (Å²) in [6.07, 6.45) is 1.26. The molecule has 0 saturated carbocycles. The standard InChI is InChI=1S/C11H18N2O3.Na/c1-4-13-10(15)8(6-5-7(2)3)9(14)12-11(13)16;/h7-8H,4-6H2,1-3H3,(H,12,14,16);/q;+1/p-1. The molecule has 1 unspecified atom stereocenters. The molecule has 0 radical (unpaired) electrons. The molecular formula is C11H17N2NaO3. The summed E-state index contributed by atoms with van der Waals surface area (Å²) in [7, 11) is 0. The quantitative estimate of drug-likeness (QED) is 0.397. The molecule has 90 valence electrons. The molecule has 2 amide bonds. The molecule has 5 nitrogen and oxygen atoms in total. The van der Waals surface area contributed by atoms with E-state index in [4.69, 9.17) is 0 Å². The molecule has 0 aromatic rings. The minimum absolute atomic E-state index is 0. The third kappa shape index (κ3) is 4.08. The van der Waals surface area contributed by atoms with Crippen LogP contribution in [0.25, 0.3) is 0 Å². The van der Waals surface area contributed by atoms with Crippen molar-refractivity contribution in [3.63, 3.8) is 0 Å². The number of nitrogens with zero attached hydrogens (tertiary/aromatic N) is 2. The first kappa shape index (κ1) is 16.6. The number of rotatable bonds is 4. The van der Waals surface area contributed by atoms with Crippen LogP contribution in [0.3, 0.4) is 0 Å². The molecule has 1 aliphatic rings. The summed E-state index contributed by atoms with van der Waals surface area (Å²) in [5.41, 5.74) is 0. The second kappa shape index (κ2) is 7.13. The Morgan fingerprint density at radius 1 is 1.41 bits per heavy atom. The fraction of sp³-hybridized carbons (Fsp3) is 0.727. The Morgan fingerprint density at radius 2 is 2.00 bits per heavy atom. The predicted molar refractivity (Wildman–Crippen MR) is 57.4 cm³/mol. The van der Waals surface area contributed by atoms with Crippen LogP contribution in [0, 0.1) is 11.8 Å². The zero-order valence-corrected chi connectivity index (χ0v) is 12.9. The van der Waals surface area contributed by atoms with E-state index in [2.05, 4.69) is 4.99 Å². The second-order valence-electron chi connectivity index (χ2n) is 4.34.